The summed E-state index contributed by atoms with van der Waals surface area (Å²) >= 11 is 6.85. The first-order valence-electron chi connectivity index (χ1n) is 7.12. The lowest BCUT2D eigenvalue weighted by Crippen LogP contribution is -2.22. The van der Waals surface area contributed by atoms with E-state index in [2.05, 4.69) is 42.5 Å². The minimum atomic E-state index is -0.548. The Morgan fingerprint density at radius 2 is 1.68 bits per heavy atom. The van der Waals surface area contributed by atoms with Crippen molar-refractivity contribution in [3.8, 4) is 5.75 Å². The van der Waals surface area contributed by atoms with Gasteiger partial charge in [-0.2, -0.15) is 0 Å². The van der Waals surface area contributed by atoms with E-state index < -0.39 is 11.9 Å². The molecule has 3 rings (SSSR count). The monoisotopic (exact) mass is 468 g/mol. The van der Waals surface area contributed by atoms with Crippen molar-refractivity contribution >= 4 is 49.9 Å². The zero-order valence-corrected chi connectivity index (χ0v) is 15.8. The fourth-order valence-corrected chi connectivity index (χ4v) is 3.64. The molecule has 2 aromatic carbocycles. The largest absolute Gasteiger partial charge is 0.487 e. The minimum Gasteiger partial charge on any atom is -0.487 e. The molecule has 25 heavy (non-hydrogen) atoms. The molecule has 3 amide bonds. The molecule has 0 unspecified atom stereocenters. The van der Waals surface area contributed by atoms with E-state index in [9.17, 15) is 14.0 Å². The number of carbonyl (C=O) groups excluding carboxylic acids is 2. The number of rotatable bonds is 4. The van der Waals surface area contributed by atoms with Crippen molar-refractivity contribution in [1.29, 1.82) is 0 Å². The summed E-state index contributed by atoms with van der Waals surface area (Å²) < 4.78 is 20.0. The minimum absolute atomic E-state index is 0.170. The second kappa shape index (κ2) is 7.37. The molecule has 5 nitrogen and oxygen atoms in total. The van der Waals surface area contributed by atoms with Crippen molar-refractivity contribution in [3.63, 3.8) is 0 Å². The van der Waals surface area contributed by atoms with Gasteiger partial charge in [-0.15, -0.1) is 0 Å². The van der Waals surface area contributed by atoms with Crippen molar-refractivity contribution in [3.05, 3.63) is 68.0 Å². The number of hydrogen-bond acceptors (Lipinski definition) is 3. The van der Waals surface area contributed by atoms with Gasteiger partial charge in [0.2, 0.25) is 0 Å². The average molecular weight is 470 g/mol. The van der Waals surface area contributed by atoms with Crippen LogP contribution in [-0.2, 0) is 11.4 Å². The molecule has 2 N–H and O–H groups in total. The van der Waals surface area contributed by atoms with Gasteiger partial charge in [0.25, 0.3) is 5.91 Å². The molecule has 1 heterocycles. The highest BCUT2D eigenvalue weighted by Crippen LogP contribution is 2.36. The molecule has 0 bridgehead atoms. The lowest BCUT2D eigenvalue weighted by Gasteiger charge is -2.11. The predicted molar refractivity (Wildman–Crippen MR) is 97.2 cm³/mol. The highest BCUT2D eigenvalue weighted by molar-refractivity contribution is 9.11. The lowest BCUT2D eigenvalue weighted by molar-refractivity contribution is -0.115. The van der Waals surface area contributed by atoms with E-state index in [1.54, 1.807) is 30.3 Å². The maximum absolute atomic E-state index is 12.9. The van der Waals surface area contributed by atoms with Crippen molar-refractivity contribution in [2.24, 2.45) is 0 Å². The number of ether oxygens (including phenoxy) is 1. The van der Waals surface area contributed by atoms with Crippen molar-refractivity contribution in [2.75, 3.05) is 0 Å². The van der Waals surface area contributed by atoms with Crippen LogP contribution in [0.5, 0.6) is 5.75 Å². The number of nitrogens with one attached hydrogen (secondary N) is 2. The van der Waals surface area contributed by atoms with Gasteiger partial charge >= 0.3 is 6.03 Å². The van der Waals surface area contributed by atoms with E-state index in [1.165, 1.54) is 12.1 Å². The van der Waals surface area contributed by atoms with Crippen molar-refractivity contribution in [2.45, 2.75) is 6.61 Å². The predicted octanol–water partition coefficient (Wildman–Crippen LogP) is 4.11. The van der Waals surface area contributed by atoms with Gasteiger partial charge < -0.3 is 10.1 Å². The molecule has 8 heteroatoms. The number of benzene rings is 2. The first-order chi connectivity index (χ1) is 11.9. The van der Waals surface area contributed by atoms with Crippen LogP contribution < -0.4 is 15.4 Å². The summed E-state index contributed by atoms with van der Waals surface area (Å²) in [6.45, 7) is 0.274. The van der Waals surface area contributed by atoms with Gasteiger partial charge in [0, 0.05) is 0 Å². The second-order valence-electron chi connectivity index (χ2n) is 5.20. The van der Waals surface area contributed by atoms with Gasteiger partial charge in [0.1, 0.15) is 23.9 Å². The summed E-state index contributed by atoms with van der Waals surface area (Å²) in [6.07, 6.45) is 1.56. The lowest BCUT2D eigenvalue weighted by atomic mass is 10.2. The smallest absolute Gasteiger partial charge is 0.326 e. The normalized spacial score (nSPS) is 15.2. The third-order valence-corrected chi connectivity index (χ3v) is 4.53. The number of halogens is 3. The number of carbonyl (C=O) groups is 2. The van der Waals surface area contributed by atoms with Crippen LogP contribution in [0.25, 0.3) is 6.08 Å². The first-order valence-corrected chi connectivity index (χ1v) is 8.71. The van der Waals surface area contributed by atoms with Gasteiger partial charge in [-0.3, -0.25) is 10.1 Å². The Morgan fingerprint density at radius 3 is 2.24 bits per heavy atom. The first kappa shape index (κ1) is 17.6. The molecular weight excluding hydrogens is 459 g/mol. The maximum atomic E-state index is 12.9. The maximum Gasteiger partial charge on any atom is 0.326 e. The number of imide groups is 1. The Bertz CT molecular complexity index is 859. The summed E-state index contributed by atoms with van der Waals surface area (Å²) in [5, 5.41) is 4.56. The fraction of sp³-hybridized carbons (Fsp3) is 0.0588. The summed E-state index contributed by atoms with van der Waals surface area (Å²) in [4.78, 5) is 22.7. The second-order valence-corrected chi connectivity index (χ2v) is 6.90. The Labute approximate surface area is 159 Å². The molecule has 1 saturated heterocycles. The molecule has 1 aliphatic rings. The molecule has 0 saturated carbocycles. The molecule has 0 atom stereocenters. The molecule has 0 aromatic heterocycles. The quantitative estimate of drug-likeness (QED) is 0.523. The SMILES string of the molecule is O=C1NC(=O)C(=Cc2cc(Br)c(OCc3ccc(F)cc3)c(Br)c2)N1. The van der Waals surface area contributed by atoms with Crippen LogP contribution in [0.3, 0.4) is 0 Å². The van der Waals surface area contributed by atoms with Crippen LogP contribution in [0.4, 0.5) is 9.18 Å². The summed E-state index contributed by atoms with van der Waals surface area (Å²) in [6, 6.07) is 9.02. The van der Waals surface area contributed by atoms with Crippen LogP contribution in [0, 0.1) is 5.82 Å². The Morgan fingerprint density at radius 1 is 1.04 bits per heavy atom. The number of urea groups is 1. The Kier molecular flexibility index (Phi) is 5.19. The van der Waals surface area contributed by atoms with Gasteiger partial charge in [-0.1, -0.05) is 12.1 Å². The van der Waals surface area contributed by atoms with Crippen LogP contribution >= 0.6 is 31.9 Å². The van der Waals surface area contributed by atoms with E-state index in [0.717, 1.165) is 5.56 Å². The van der Waals surface area contributed by atoms with Gasteiger partial charge in [-0.05, 0) is 73.3 Å². The number of amides is 3. The molecule has 0 radical (unpaired) electrons. The summed E-state index contributed by atoms with van der Waals surface area (Å²) in [5.74, 6) is -0.202. The molecule has 0 spiro atoms. The Hall–Kier alpha value is -2.19. The van der Waals surface area contributed by atoms with E-state index in [1.807, 2.05) is 0 Å². The van der Waals surface area contributed by atoms with Gasteiger partial charge in [-0.25, -0.2) is 9.18 Å². The molecule has 128 valence electrons. The summed E-state index contributed by atoms with van der Waals surface area (Å²) in [7, 11) is 0. The molecule has 1 fully saturated rings. The standard InChI is InChI=1S/C17H11Br2FN2O3/c18-12-5-10(7-14-16(23)22-17(24)21-14)6-13(19)15(12)25-8-9-1-3-11(20)4-2-9/h1-7H,8H2,(H2,21,22,23,24). The van der Waals surface area contributed by atoms with Crippen molar-refractivity contribution < 1.29 is 18.7 Å². The number of hydrogen-bond donors (Lipinski definition) is 2. The third kappa shape index (κ3) is 4.26. The summed E-state index contributed by atoms with van der Waals surface area (Å²) in [5.41, 5.74) is 1.70. The highest BCUT2D eigenvalue weighted by atomic mass is 79.9. The Balaban J connectivity index is 1.78. The van der Waals surface area contributed by atoms with E-state index in [-0.39, 0.29) is 18.1 Å². The van der Waals surface area contributed by atoms with Crippen LogP contribution in [0.1, 0.15) is 11.1 Å². The van der Waals surface area contributed by atoms with Gasteiger partial charge in [0.05, 0.1) is 8.95 Å². The zero-order valence-electron chi connectivity index (χ0n) is 12.6. The van der Waals surface area contributed by atoms with Crippen LogP contribution in [0.15, 0.2) is 51.0 Å². The third-order valence-electron chi connectivity index (χ3n) is 3.35. The molecule has 0 aliphatic carbocycles. The molecular formula is C17H11Br2FN2O3. The fourth-order valence-electron chi connectivity index (χ4n) is 2.19. The average Bonchev–Trinajstić information content (AvgIpc) is 2.86. The van der Waals surface area contributed by atoms with Crippen LogP contribution in [0.2, 0.25) is 0 Å². The highest BCUT2D eigenvalue weighted by Gasteiger charge is 2.23. The van der Waals surface area contributed by atoms with Crippen molar-refractivity contribution in [1.82, 2.24) is 10.6 Å². The van der Waals surface area contributed by atoms with E-state index in [0.29, 0.717) is 20.3 Å². The molecule has 1 aliphatic heterocycles. The topological polar surface area (TPSA) is 67.4 Å². The van der Waals surface area contributed by atoms with E-state index >= 15 is 0 Å². The van der Waals surface area contributed by atoms with Gasteiger partial charge in [0.15, 0.2) is 0 Å². The van der Waals surface area contributed by atoms with E-state index in [4.69, 9.17) is 4.74 Å². The zero-order chi connectivity index (χ0) is 18.0. The van der Waals surface area contributed by atoms with Crippen LogP contribution in [-0.4, -0.2) is 11.9 Å². The molecule has 2 aromatic rings.